The van der Waals surface area contributed by atoms with Crippen LogP contribution >= 0.6 is 15.9 Å². The highest BCUT2D eigenvalue weighted by atomic mass is 79.9. The third-order valence-corrected chi connectivity index (χ3v) is 3.44. The predicted octanol–water partition coefficient (Wildman–Crippen LogP) is 3.01. The number of amides is 1. The van der Waals surface area contributed by atoms with Crippen molar-refractivity contribution in [3.05, 3.63) is 69.4 Å². The van der Waals surface area contributed by atoms with Crippen LogP contribution in [0.1, 0.15) is 21.5 Å². The van der Waals surface area contributed by atoms with Gasteiger partial charge >= 0.3 is 0 Å². The molecule has 0 bridgehead atoms. The molecule has 2 aromatic rings. The Balaban J connectivity index is 2.06. The summed E-state index contributed by atoms with van der Waals surface area (Å²) < 4.78 is 14.0. The molecule has 1 amide bonds. The topological polar surface area (TPSA) is 49.3 Å². The molecule has 0 unspecified atom stereocenters. The van der Waals surface area contributed by atoms with Gasteiger partial charge in [0.25, 0.3) is 5.91 Å². The van der Waals surface area contributed by atoms with E-state index in [1.165, 1.54) is 12.1 Å². The monoisotopic (exact) mass is 337 g/mol. The maximum atomic E-state index is 13.8. The summed E-state index contributed by atoms with van der Waals surface area (Å²) in [6.07, 6.45) is 0. The highest BCUT2D eigenvalue weighted by Gasteiger charge is 2.13. The summed E-state index contributed by atoms with van der Waals surface area (Å²) in [7, 11) is 0. The van der Waals surface area contributed by atoms with Gasteiger partial charge < -0.3 is 10.4 Å². The van der Waals surface area contributed by atoms with Gasteiger partial charge in [0.05, 0.1) is 16.6 Å². The van der Waals surface area contributed by atoms with Gasteiger partial charge in [-0.05, 0) is 39.2 Å². The number of aliphatic hydroxyl groups is 1. The summed E-state index contributed by atoms with van der Waals surface area (Å²) >= 11 is 3.05. The fourth-order valence-corrected chi connectivity index (χ4v) is 2.16. The molecule has 104 valence electrons. The predicted molar refractivity (Wildman–Crippen MR) is 77.6 cm³/mol. The maximum absolute atomic E-state index is 13.8. The van der Waals surface area contributed by atoms with Gasteiger partial charge in [-0.3, -0.25) is 4.79 Å². The van der Waals surface area contributed by atoms with Crippen molar-refractivity contribution in [1.82, 2.24) is 5.32 Å². The Labute approximate surface area is 124 Å². The van der Waals surface area contributed by atoms with Gasteiger partial charge in [0, 0.05) is 6.54 Å². The van der Waals surface area contributed by atoms with Crippen LogP contribution in [0.5, 0.6) is 0 Å². The number of rotatable bonds is 4. The fraction of sp³-hybridized carbons (Fsp3) is 0.133. The fourth-order valence-electron chi connectivity index (χ4n) is 1.79. The zero-order valence-corrected chi connectivity index (χ0v) is 12.2. The molecule has 0 heterocycles. The minimum absolute atomic E-state index is 0.00214. The third-order valence-electron chi connectivity index (χ3n) is 2.82. The smallest absolute Gasteiger partial charge is 0.254 e. The van der Waals surface area contributed by atoms with Gasteiger partial charge in [-0.15, -0.1) is 0 Å². The lowest BCUT2D eigenvalue weighted by molar-refractivity contribution is 0.0946. The first kappa shape index (κ1) is 14.7. The molecule has 0 aliphatic rings. The average Bonchev–Trinajstić information content (AvgIpc) is 2.48. The Bertz CT molecular complexity index is 631. The molecule has 0 saturated heterocycles. The number of carbonyl (C=O) groups is 1. The molecule has 5 heteroatoms. The Morgan fingerprint density at radius 2 is 1.90 bits per heavy atom. The molecule has 2 N–H and O–H groups in total. The number of hydrogen-bond acceptors (Lipinski definition) is 2. The van der Waals surface area contributed by atoms with Crippen molar-refractivity contribution < 1.29 is 14.3 Å². The van der Waals surface area contributed by atoms with Crippen LogP contribution in [0.2, 0.25) is 0 Å². The van der Waals surface area contributed by atoms with Crippen molar-refractivity contribution >= 4 is 21.8 Å². The molecule has 2 rings (SSSR count). The first-order valence-corrected chi connectivity index (χ1v) is 6.82. The molecule has 3 nitrogen and oxygen atoms in total. The summed E-state index contributed by atoms with van der Waals surface area (Å²) in [5, 5.41) is 11.7. The Hall–Kier alpha value is -1.72. The molecule has 0 radical (unpaired) electrons. The van der Waals surface area contributed by atoms with Gasteiger partial charge in [-0.2, -0.15) is 0 Å². The molecule has 0 atom stereocenters. The Kier molecular flexibility index (Phi) is 4.87. The molecular formula is C15H13BrFNO2. The van der Waals surface area contributed by atoms with Gasteiger partial charge in [0.15, 0.2) is 0 Å². The van der Waals surface area contributed by atoms with Crippen LogP contribution in [0.3, 0.4) is 0 Å². The van der Waals surface area contributed by atoms with E-state index in [4.69, 9.17) is 5.11 Å². The van der Waals surface area contributed by atoms with E-state index in [0.29, 0.717) is 0 Å². The first-order chi connectivity index (χ1) is 9.61. The lowest BCUT2D eigenvalue weighted by Gasteiger charge is -2.08. The zero-order chi connectivity index (χ0) is 14.5. The van der Waals surface area contributed by atoms with Crippen LogP contribution in [-0.2, 0) is 13.2 Å². The summed E-state index contributed by atoms with van der Waals surface area (Å²) in [5.41, 5.74) is 1.61. The van der Waals surface area contributed by atoms with Crippen LogP contribution in [-0.4, -0.2) is 11.0 Å². The second-order valence-electron chi connectivity index (χ2n) is 4.26. The second kappa shape index (κ2) is 6.63. The lowest BCUT2D eigenvalue weighted by atomic mass is 10.1. The number of hydrogen-bond donors (Lipinski definition) is 2. The lowest BCUT2D eigenvalue weighted by Crippen LogP contribution is -2.24. The second-order valence-corrected chi connectivity index (χ2v) is 5.12. The highest BCUT2D eigenvalue weighted by Crippen LogP contribution is 2.18. The maximum Gasteiger partial charge on any atom is 0.254 e. The largest absolute Gasteiger partial charge is 0.392 e. The van der Waals surface area contributed by atoms with Crippen molar-refractivity contribution in [3.8, 4) is 0 Å². The third kappa shape index (κ3) is 3.43. The number of halogens is 2. The van der Waals surface area contributed by atoms with E-state index in [2.05, 4.69) is 21.2 Å². The number of aliphatic hydroxyl groups excluding tert-OH is 1. The first-order valence-electron chi connectivity index (χ1n) is 6.02. The van der Waals surface area contributed by atoms with Crippen LogP contribution in [0.15, 0.2) is 46.9 Å². The van der Waals surface area contributed by atoms with Crippen molar-refractivity contribution in [2.24, 2.45) is 0 Å². The average molecular weight is 338 g/mol. The number of benzene rings is 2. The van der Waals surface area contributed by atoms with Gasteiger partial charge in [-0.1, -0.05) is 30.3 Å². The van der Waals surface area contributed by atoms with Crippen LogP contribution in [0.4, 0.5) is 4.39 Å². The van der Waals surface area contributed by atoms with Crippen LogP contribution in [0.25, 0.3) is 0 Å². The molecular weight excluding hydrogens is 325 g/mol. The summed E-state index contributed by atoms with van der Waals surface area (Å²) in [6.45, 7) is 0.223. The molecule has 0 aliphatic carbocycles. The number of carbonyl (C=O) groups excluding carboxylic acids is 1. The Morgan fingerprint density at radius 3 is 2.65 bits per heavy atom. The van der Waals surface area contributed by atoms with Crippen molar-refractivity contribution in [3.63, 3.8) is 0 Å². The molecule has 0 aliphatic heterocycles. The van der Waals surface area contributed by atoms with E-state index < -0.39 is 11.7 Å². The SMILES string of the molecule is O=C(NCc1cccc(CO)c1)c1cccc(Br)c1F. The van der Waals surface area contributed by atoms with Gasteiger partial charge in [-0.25, -0.2) is 4.39 Å². The van der Waals surface area contributed by atoms with Gasteiger partial charge in [0.1, 0.15) is 5.82 Å². The molecule has 2 aromatic carbocycles. The van der Waals surface area contributed by atoms with E-state index in [1.54, 1.807) is 24.3 Å². The van der Waals surface area contributed by atoms with E-state index >= 15 is 0 Å². The molecule has 0 spiro atoms. The van der Waals surface area contributed by atoms with Crippen LogP contribution < -0.4 is 5.32 Å². The molecule has 20 heavy (non-hydrogen) atoms. The minimum Gasteiger partial charge on any atom is -0.392 e. The highest BCUT2D eigenvalue weighted by molar-refractivity contribution is 9.10. The van der Waals surface area contributed by atoms with E-state index in [-0.39, 0.29) is 23.2 Å². The molecule has 0 aromatic heterocycles. The zero-order valence-electron chi connectivity index (χ0n) is 10.6. The summed E-state index contributed by atoms with van der Waals surface area (Å²) in [4.78, 5) is 11.9. The minimum atomic E-state index is -0.575. The molecule has 0 saturated carbocycles. The Morgan fingerprint density at radius 1 is 1.20 bits per heavy atom. The normalized spacial score (nSPS) is 10.3. The number of nitrogens with one attached hydrogen (secondary N) is 1. The standard InChI is InChI=1S/C15H13BrFNO2/c16-13-6-2-5-12(14(13)17)15(20)18-8-10-3-1-4-11(7-10)9-19/h1-7,19H,8-9H2,(H,18,20). The summed E-state index contributed by atoms with van der Waals surface area (Å²) in [6, 6.07) is 11.8. The van der Waals surface area contributed by atoms with Crippen LogP contribution in [0, 0.1) is 5.82 Å². The summed E-state index contributed by atoms with van der Waals surface area (Å²) in [5.74, 6) is -1.05. The van der Waals surface area contributed by atoms with Crippen molar-refractivity contribution in [2.75, 3.05) is 0 Å². The van der Waals surface area contributed by atoms with E-state index in [9.17, 15) is 9.18 Å². The molecule has 0 fully saturated rings. The van der Waals surface area contributed by atoms with Gasteiger partial charge in [0.2, 0.25) is 0 Å². The van der Waals surface area contributed by atoms with Crippen molar-refractivity contribution in [1.29, 1.82) is 0 Å². The quantitative estimate of drug-likeness (QED) is 0.900. The van der Waals surface area contributed by atoms with Crippen molar-refractivity contribution in [2.45, 2.75) is 13.2 Å². The van der Waals surface area contributed by atoms with E-state index in [0.717, 1.165) is 11.1 Å². The van der Waals surface area contributed by atoms with E-state index in [1.807, 2.05) is 6.07 Å².